The average molecular weight is 584 g/mol. The molecule has 10 nitrogen and oxygen atoms in total. The molecule has 3 N–H and O–H groups in total. The number of fused-ring (bicyclic) bond motifs is 1. The highest BCUT2D eigenvalue weighted by Gasteiger charge is 2.18. The van der Waals surface area contributed by atoms with E-state index in [2.05, 4.69) is 70.2 Å². The minimum atomic E-state index is 0.433. The van der Waals surface area contributed by atoms with Crippen LogP contribution in [-0.4, -0.2) is 59.6 Å². The Balaban J connectivity index is 1.44. The number of morpholine rings is 1. The number of methoxy groups -OCH3 is 1. The van der Waals surface area contributed by atoms with Gasteiger partial charge < -0.3 is 29.7 Å². The second kappa shape index (κ2) is 11.4. The Kier molecular flexibility index (Phi) is 7.77. The van der Waals surface area contributed by atoms with Crippen LogP contribution in [0, 0.1) is 6.92 Å². The lowest BCUT2D eigenvalue weighted by atomic mass is 10.1. The van der Waals surface area contributed by atoms with Gasteiger partial charge in [-0.15, -0.1) is 0 Å². The monoisotopic (exact) mass is 582 g/mol. The number of aryl methyl sites for hydroxylation is 1. The van der Waals surface area contributed by atoms with Gasteiger partial charge >= 0.3 is 0 Å². The molecule has 0 saturated carbocycles. The third kappa shape index (κ3) is 5.50. The van der Waals surface area contributed by atoms with Crippen LogP contribution in [-0.2, 0) is 4.74 Å². The van der Waals surface area contributed by atoms with Crippen molar-refractivity contribution in [2.75, 3.05) is 59.9 Å². The number of anilines is 6. The van der Waals surface area contributed by atoms with E-state index in [-0.39, 0.29) is 0 Å². The summed E-state index contributed by atoms with van der Waals surface area (Å²) in [5, 5.41) is 6.73. The van der Waals surface area contributed by atoms with E-state index in [0.717, 1.165) is 70.1 Å². The molecule has 0 spiro atoms. The van der Waals surface area contributed by atoms with Crippen LogP contribution in [0.15, 0.2) is 47.3 Å². The molecule has 1 aliphatic heterocycles. The summed E-state index contributed by atoms with van der Waals surface area (Å²) >= 11 is 5.05. The molecular formula is C25H27BrN8O2S. The third-order valence-electron chi connectivity index (χ3n) is 5.96. The minimum absolute atomic E-state index is 0.433. The van der Waals surface area contributed by atoms with Crippen molar-refractivity contribution in [3.8, 4) is 5.75 Å². The quantitative estimate of drug-likeness (QED) is 0.228. The Bertz CT molecular complexity index is 1420. The summed E-state index contributed by atoms with van der Waals surface area (Å²) in [4.78, 5) is 20.4. The van der Waals surface area contributed by atoms with Gasteiger partial charge in [-0.05, 0) is 46.6 Å². The van der Waals surface area contributed by atoms with Gasteiger partial charge in [0.25, 0.3) is 0 Å². The van der Waals surface area contributed by atoms with Gasteiger partial charge in [-0.25, -0.2) is 4.98 Å². The van der Waals surface area contributed by atoms with Crippen molar-refractivity contribution < 1.29 is 9.47 Å². The Hall–Kier alpha value is -3.35. The molecule has 2 aromatic heterocycles. The molecule has 4 aromatic rings. The number of rotatable bonds is 8. The first kappa shape index (κ1) is 25.3. The zero-order chi connectivity index (χ0) is 25.8. The first-order valence-electron chi connectivity index (χ1n) is 11.7. The summed E-state index contributed by atoms with van der Waals surface area (Å²) in [6.45, 7) is 5.25. The number of aromatic nitrogens is 4. The van der Waals surface area contributed by atoms with Gasteiger partial charge in [-0.1, -0.05) is 11.9 Å². The molecule has 2 aromatic carbocycles. The van der Waals surface area contributed by atoms with Crippen molar-refractivity contribution in [1.29, 1.82) is 0 Å². The van der Waals surface area contributed by atoms with E-state index in [4.69, 9.17) is 14.5 Å². The molecule has 5 rings (SSSR count). The molecule has 0 bridgehead atoms. The normalized spacial score (nSPS) is 13.5. The summed E-state index contributed by atoms with van der Waals surface area (Å²) in [5.41, 5.74) is 6.27. The van der Waals surface area contributed by atoms with E-state index < -0.39 is 0 Å². The van der Waals surface area contributed by atoms with Crippen LogP contribution in [0.1, 0.15) is 5.56 Å². The minimum Gasteiger partial charge on any atom is -0.494 e. The highest BCUT2D eigenvalue weighted by Crippen LogP contribution is 2.37. The molecule has 3 heterocycles. The Morgan fingerprint density at radius 1 is 1.05 bits per heavy atom. The number of hydrogen-bond donors (Lipinski definition) is 3. The molecule has 0 unspecified atom stereocenters. The van der Waals surface area contributed by atoms with E-state index in [1.807, 2.05) is 18.4 Å². The first-order chi connectivity index (χ1) is 18.1. The highest BCUT2D eigenvalue weighted by molar-refractivity contribution is 9.10. The zero-order valence-electron chi connectivity index (χ0n) is 20.7. The maximum atomic E-state index is 5.71. The molecule has 1 fully saturated rings. The fourth-order valence-corrected chi connectivity index (χ4v) is 4.90. The largest absolute Gasteiger partial charge is 0.494 e. The fraction of sp³-hybridized carbons (Fsp3) is 0.280. The van der Waals surface area contributed by atoms with Gasteiger partial charge in [0, 0.05) is 49.7 Å². The van der Waals surface area contributed by atoms with E-state index in [0.29, 0.717) is 17.5 Å². The average Bonchev–Trinajstić information content (AvgIpc) is 2.92. The highest BCUT2D eigenvalue weighted by atomic mass is 79.9. The van der Waals surface area contributed by atoms with Crippen molar-refractivity contribution in [3.05, 3.63) is 52.9 Å². The van der Waals surface area contributed by atoms with Crippen LogP contribution >= 0.6 is 27.9 Å². The zero-order valence-corrected chi connectivity index (χ0v) is 23.1. The van der Waals surface area contributed by atoms with Crippen LogP contribution in [0.3, 0.4) is 0 Å². The molecule has 12 heteroatoms. The van der Waals surface area contributed by atoms with Crippen molar-refractivity contribution in [1.82, 2.24) is 19.9 Å². The second-order valence-electron chi connectivity index (χ2n) is 8.30. The molecule has 37 heavy (non-hydrogen) atoms. The van der Waals surface area contributed by atoms with Gasteiger partial charge in [0.2, 0.25) is 5.95 Å². The van der Waals surface area contributed by atoms with Crippen LogP contribution in [0.4, 0.5) is 34.5 Å². The van der Waals surface area contributed by atoms with Crippen molar-refractivity contribution in [2.24, 2.45) is 0 Å². The third-order valence-corrected chi connectivity index (χ3v) is 6.95. The van der Waals surface area contributed by atoms with Gasteiger partial charge in [-0.2, -0.15) is 4.98 Å². The van der Waals surface area contributed by atoms with E-state index in [1.54, 1.807) is 25.7 Å². The molecule has 0 atom stereocenters. The van der Waals surface area contributed by atoms with Crippen LogP contribution in [0.25, 0.3) is 11.0 Å². The van der Waals surface area contributed by atoms with Crippen LogP contribution < -0.4 is 25.0 Å². The Morgan fingerprint density at radius 2 is 1.86 bits per heavy atom. The number of hydrogen-bond acceptors (Lipinski definition) is 11. The van der Waals surface area contributed by atoms with Gasteiger partial charge in [0.1, 0.15) is 17.1 Å². The van der Waals surface area contributed by atoms with Crippen molar-refractivity contribution >= 4 is 73.4 Å². The van der Waals surface area contributed by atoms with E-state index >= 15 is 0 Å². The number of benzene rings is 2. The first-order valence-corrected chi connectivity index (χ1v) is 13.7. The lowest BCUT2D eigenvalue weighted by Crippen LogP contribution is -2.36. The summed E-state index contributed by atoms with van der Waals surface area (Å²) in [5.74, 6) is 1.75. The predicted molar refractivity (Wildman–Crippen MR) is 154 cm³/mol. The number of nitrogens with one attached hydrogen (secondary N) is 3. The Labute approximate surface area is 227 Å². The van der Waals surface area contributed by atoms with Gasteiger partial charge in [0.15, 0.2) is 0 Å². The maximum Gasteiger partial charge on any atom is 0.229 e. The molecule has 192 valence electrons. The smallest absolute Gasteiger partial charge is 0.229 e. The van der Waals surface area contributed by atoms with Crippen LogP contribution in [0.2, 0.25) is 0 Å². The summed E-state index contributed by atoms with van der Waals surface area (Å²) in [7, 11) is 1.66. The lowest BCUT2D eigenvalue weighted by molar-refractivity contribution is 0.122. The van der Waals surface area contributed by atoms with Crippen molar-refractivity contribution in [2.45, 2.75) is 6.92 Å². The summed E-state index contributed by atoms with van der Waals surface area (Å²) in [6, 6.07) is 7.99. The topological polar surface area (TPSA) is 109 Å². The van der Waals surface area contributed by atoms with Crippen LogP contribution in [0.5, 0.6) is 5.75 Å². The predicted octanol–water partition coefficient (Wildman–Crippen LogP) is 5.51. The summed E-state index contributed by atoms with van der Waals surface area (Å²) in [6.07, 6.45) is 7.03. The van der Waals surface area contributed by atoms with Crippen molar-refractivity contribution in [3.63, 3.8) is 0 Å². The SMILES string of the molecule is COc1cc(N2CCOCC2)c(C)cc1Nc1ncc(Br)c(Nc2ccc3nccnc3c2NSC)n1. The van der Waals surface area contributed by atoms with E-state index in [9.17, 15) is 0 Å². The fourth-order valence-electron chi connectivity index (χ4n) is 4.20. The standard InChI is InChI=1S/C25H27BrN8O2S/c1-15-12-19(21(35-2)13-20(15)34-8-10-36-11-9-34)31-25-29-14-16(26)24(32-25)30-18-5-4-17-22(23(18)33-37-3)28-7-6-27-17/h4-7,12-14,33H,8-11H2,1-3H3,(H2,29,30,31,32). The van der Waals surface area contributed by atoms with Gasteiger partial charge in [-0.3, -0.25) is 9.97 Å². The Morgan fingerprint density at radius 3 is 2.65 bits per heavy atom. The number of halogens is 1. The molecular weight excluding hydrogens is 556 g/mol. The summed E-state index contributed by atoms with van der Waals surface area (Å²) < 4.78 is 15.3. The molecule has 0 amide bonds. The lowest BCUT2D eigenvalue weighted by Gasteiger charge is -2.30. The molecule has 0 radical (unpaired) electrons. The second-order valence-corrected chi connectivity index (χ2v) is 9.76. The number of nitrogens with zero attached hydrogens (tertiary/aromatic N) is 5. The molecule has 0 aliphatic carbocycles. The maximum absolute atomic E-state index is 5.71. The van der Waals surface area contributed by atoms with Gasteiger partial charge in [0.05, 0.1) is 47.4 Å². The molecule has 1 aliphatic rings. The molecule has 1 saturated heterocycles. The number of ether oxygens (including phenoxy) is 2. The van der Waals surface area contributed by atoms with E-state index in [1.165, 1.54) is 11.9 Å².